The van der Waals surface area contributed by atoms with Gasteiger partial charge in [0.05, 0.1) is 4.92 Å². The quantitative estimate of drug-likeness (QED) is 0.271. The van der Waals surface area contributed by atoms with Crippen molar-refractivity contribution in [3.05, 3.63) is 54.6 Å². The molecule has 0 amide bonds. The second kappa shape index (κ2) is 5.79. The third kappa shape index (κ3) is 3.28. The molecule has 9 nitrogen and oxygen atoms in total. The molecule has 3 N–H and O–H groups in total. The Labute approximate surface area is 121 Å². The van der Waals surface area contributed by atoms with E-state index in [1.807, 2.05) is 0 Å². The predicted octanol–water partition coefficient (Wildman–Crippen LogP) is 0.251. The predicted molar refractivity (Wildman–Crippen MR) is 77.2 cm³/mol. The lowest BCUT2D eigenvalue weighted by molar-refractivity contribution is -0.383. The Morgan fingerprint density at radius 1 is 1.48 bits per heavy atom. The van der Waals surface area contributed by atoms with Gasteiger partial charge in [0.15, 0.2) is 5.16 Å². The van der Waals surface area contributed by atoms with Crippen LogP contribution in [0.15, 0.2) is 32.9 Å². The van der Waals surface area contributed by atoms with Crippen LogP contribution in [-0.4, -0.2) is 19.7 Å². The van der Waals surface area contributed by atoms with Gasteiger partial charge < -0.3 is 5.73 Å². The summed E-state index contributed by atoms with van der Waals surface area (Å²) in [6.45, 7) is 0. The molecule has 1 heterocycles. The summed E-state index contributed by atoms with van der Waals surface area (Å²) >= 11 is 1.17. The lowest BCUT2D eigenvalue weighted by atomic mass is 10.2. The zero-order valence-corrected chi connectivity index (χ0v) is 11.7. The highest BCUT2D eigenvalue weighted by Crippen LogP contribution is 2.26. The van der Waals surface area contributed by atoms with Gasteiger partial charge in [-0.1, -0.05) is 17.8 Å². The molecule has 0 aliphatic heterocycles. The number of aromatic amines is 1. The number of aryl methyl sites for hydroxylation is 1. The van der Waals surface area contributed by atoms with Crippen molar-refractivity contribution in [2.75, 3.05) is 5.73 Å². The molecule has 0 bridgehead atoms. The van der Waals surface area contributed by atoms with Crippen molar-refractivity contribution in [3.63, 3.8) is 0 Å². The standard InChI is InChI=1S/C11H11N5O4S/c1-15-11(13-9(17)10(18)14-15)21-5-6-2-3-7(12)8(4-6)16(19)20/h2-4H,5,12H2,1H3,(H,14,18). The molecule has 21 heavy (non-hydrogen) atoms. The number of nitro groups is 1. The topological polar surface area (TPSA) is 137 Å². The largest absolute Gasteiger partial charge is 0.393 e. The summed E-state index contributed by atoms with van der Waals surface area (Å²) in [5.41, 5.74) is 4.41. The Morgan fingerprint density at radius 2 is 2.19 bits per heavy atom. The maximum absolute atomic E-state index is 11.2. The van der Waals surface area contributed by atoms with Gasteiger partial charge in [0.25, 0.3) is 5.69 Å². The number of benzene rings is 1. The van der Waals surface area contributed by atoms with Crippen LogP contribution in [0, 0.1) is 10.1 Å². The molecule has 0 aliphatic carbocycles. The monoisotopic (exact) mass is 309 g/mol. The number of nitrogens with one attached hydrogen (secondary N) is 1. The van der Waals surface area contributed by atoms with Crippen molar-refractivity contribution < 1.29 is 4.92 Å². The Bertz CT molecular complexity index is 813. The Hall–Kier alpha value is -2.62. The van der Waals surface area contributed by atoms with Gasteiger partial charge in [-0.25, -0.2) is 0 Å². The van der Waals surface area contributed by atoms with Crippen molar-refractivity contribution in [1.29, 1.82) is 0 Å². The van der Waals surface area contributed by atoms with Gasteiger partial charge in [0, 0.05) is 18.9 Å². The van der Waals surface area contributed by atoms with Crippen LogP contribution in [0.4, 0.5) is 11.4 Å². The number of nitro benzene ring substituents is 1. The number of anilines is 1. The van der Waals surface area contributed by atoms with E-state index in [9.17, 15) is 19.7 Å². The van der Waals surface area contributed by atoms with Crippen molar-refractivity contribution in [1.82, 2.24) is 14.8 Å². The molecule has 1 aromatic heterocycles. The number of H-pyrrole nitrogens is 1. The Balaban J connectivity index is 2.23. The zero-order valence-electron chi connectivity index (χ0n) is 10.9. The highest BCUT2D eigenvalue weighted by molar-refractivity contribution is 7.98. The van der Waals surface area contributed by atoms with Crippen LogP contribution in [0.25, 0.3) is 0 Å². The number of thioether (sulfide) groups is 1. The van der Waals surface area contributed by atoms with Crippen LogP contribution in [0.2, 0.25) is 0 Å². The summed E-state index contributed by atoms with van der Waals surface area (Å²) < 4.78 is 1.32. The molecule has 0 unspecified atom stereocenters. The van der Waals surface area contributed by atoms with Gasteiger partial charge in [-0.3, -0.25) is 29.5 Å². The maximum atomic E-state index is 11.2. The molecular formula is C11H11N5O4S. The first-order valence-electron chi connectivity index (χ1n) is 5.71. The number of hydrogen-bond acceptors (Lipinski definition) is 7. The summed E-state index contributed by atoms with van der Waals surface area (Å²) in [6.07, 6.45) is 0. The smallest absolute Gasteiger partial charge is 0.339 e. The zero-order chi connectivity index (χ0) is 15.6. The molecule has 2 rings (SSSR count). The highest BCUT2D eigenvalue weighted by atomic mass is 32.2. The van der Waals surface area contributed by atoms with Crippen LogP contribution in [-0.2, 0) is 12.8 Å². The molecule has 0 aliphatic rings. The molecular weight excluding hydrogens is 298 g/mol. The number of aromatic nitrogens is 3. The van der Waals surface area contributed by atoms with Gasteiger partial charge in [0.2, 0.25) is 0 Å². The lowest BCUT2D eigenvalue weighted by Crippen LogP contribution is -2.33. The minimum atomic E-state index is -0.876. The summed E-state index contributed by atoms with van der Waals surface area (Å²) in [5, 5.41) is 13.4. The second-order valence-corrected chi connectivity index (χ2v) is 5.08. The van der Waals surface area contributed by atoms with Crippen LogP contribution in [0.5, 0.6) is 0 Å². The van der Waals surface area contributed by atoms with Gasteiger partial charge in [-0.15, -0.1) is 0 Å². The average molecular weight is 309 g/mol. The molecule has 1 aromatic carbocycles. The van der Waals surface area contributed by atoms with Crippen molar-refractivity contribution in [3.8, 4) is 0 Å². The molecule has 0 saturated heterocycles. The van der Waals surface area contributed by atoms with Crippen molar-refractivity contribution in [2.24, 2.45) is 7.05 Å². The summed E-state index contributed by atoms with van der Waals surface area (Å²) in [7, 11) is 1.54. The van der Waals surface area contributed by atoms with Crippen LogP contribution >= 0.6 is 11.8 Å². The SMILES string of the molecule is Cn1[nH]c(=O)c(=O)nc1SCc1ccc(N)c([N+](=O)[O-])c1. The summed E-state index contributed by atoms with van der Waals surface area (Å²) in [4.78, 5) is 36.2. The van der Waals surface area contributed by atoms with Crippen molar-refractivity contribution in [2.45, 2.75) is 10.9 Å². The molecule has 0 atom stereocenters. The highest BCUT2D eigenvalue weighted by Gasteiger charge is 2.12. The molecule has 0 spiro atoms. The number of nitrogen functional groups attached to an aromatic ring is 1. The first-order valence-corrected chi connectivity index (χ1v) is 6.70. The van der Waals surface area contributed by atoms with Crippen LogP contribution in [0.3, 0.4) is 0 Å². The van der Waals surface area contributed by atoms with Gasteiger partial charge in [0.1, 0.15) is 5.69 Å². The van der Waals surface area contributed by atoms with Crippen molar-refractivity contribution >= 4 is 23.1 Å². The van der Waals surface area contributed by atoms with E-state index in [2.05, 4.69) is 10.1 Å². The molecule has 110 valence electrons. The molecule has 0 fully saturated rings. The third-order valence-electron chi connectivity index (χ3n) is 2.61. The number of hydrogen-bond donors (Lipinski definition) is 2. The summed E-state index contributed by atoms with van der Waals surface area (Å²) in [6, 6.07) is 4.47. The van der Waals surface area contributed by atoms with Gasteiger partial charge in [-0.2, -0.15) is 4.98 Å². The Morgan fingerprint density at radius 3 is 2.86 bits per heavy atom. The number of rotatable bonds is 4. The molecule has 0 saturated carbocycles. The normalized spacial score (nSPS) is 10.5. The van der Waals surface area contributed by atoms with E-state index in [4.69, 9.17) is 5.73 Å². The van der Waals surface area contributed by atoms with Gasteiger partial charge >= 0.3 is 11.1 Å². The first-order chi connectivity index (χ1) is 9.88. The third-order valence-corrected chi connectivity index (χ3v) is 3.71. The average Bonchev–Trinajstić information content (AvgIpc) is 2.42. The lowest BCUT2D eigenvalue weighted by Gasteiger charge is -2.06. The van der Waals surface area contributed by atoms with E-state index in [-0.39, 0.29) is 11.4 Å². The number of nitrogens with zero attached hydrogens (tertiary/aromatic N) is 3. The van der Waals surface area contributed by atoms with Crippen LogP contribution < -0.4 is 16.9 Å². The van der Waals surface area contributed by atoms with E-state index in [0.717, 1.165) is 0 Å². The maximum Gasteiger partial charge on any atom is 0.339 e. The fraction of sp³-hybridized carbons (Fsp3) is 0.182. The minimum Gasteiger partial charge on any atom is -0.393 e. The number of nitrogens with two attached hydrogens (primary N) is 1. The van der Waals surface area contributed by atoms with Gasteiger partial charge in [-0.05, 0) is 11.6 Å². The Kier molecular flexibility index (Phi) is 4.08. The molecule has 2 aromatic rings. The summed E-state index contributed by atoms with van der Waals surface area (Å²) in [5.74, 6) is 0.341. The minimum absolute atomic E-state index is 0.0864. The first kappa shape index (κ1) is 14.8. The fourth-order valence-corrected chi connectivity index (χ4v) is 2.44. The van der Waals surface area contributed by atoms with E-state index in [0.29, 0.717) is 16.5 Å². The van der Waals surface area contributed by atoms with Crippen LogP contribution in [0.1, 0.15) is 5.56 Å². The fourth-order valence-electron chi connectivity index (χ4n) is 1.57. The van der Waals surface area contributed by atoms with E-state index < -0.39 is 16.0 Å². The van der Waals surface area contributed by atoms with E-state index >= 15 is 0 Å². The second-order valence-electron chi connectivity index (χ2n) is 4.14. The molecule has 10 heteroatoms. The molecule has 0 radical (unpaired) electrons. The van der Waals surface area contributed by atoms with E-state index in [1.165, 1.54) is 28.6 Å². The van der Waals surface area contributed by atoms with E-state index in [1.54, 1.807) is 13.1 Å².